The minimum absolute atomic E-state index is 0.00118. The monoisotopic (exact) mass is 363 g/mol. The SMILES string of the molecule is C=NC=NC(/C(=C/N)CNCc1c(F)cccc1F)=[N+]1CCN(C)CC1. The van der Waals surface area contributed by atoms with E-state index in [0.717, 1.165) is 31.8 Å². The first-order chi connectivity index (χ1) is 12.6. The number of benzene rings is 1. The third-order valence-corrected chi connectivity index (χ3v) is 4.23. The molecule has 0 spiro atoms. The molecule has 1 saturated heterocycles. The van der Waals surface area contributed by atoms with Crippen molar-refractivity contribution in [2.45, 2.75) is 6.54 Å². The summed E-state index contributed by atoms with van der Waals surface area (Å²) >= 11 is 0. The van der Waals surface area contributed by atoms with Gasteiger partial charge in [-0.1, -0.05) is 6.07 Å². The van der Waals surface area contributed by atoms with Crippen LogP contribution in [0.25, 0.3) is 0 Å². The quantitative estimate of drug-likeness (QED) is 0.450. The number of amidine groups is 1. The Morgan fingerprint density at radius 3 is 2.58 bits per heavy atom. The van der Waals surface area contributed by atoms with Gasteiger partial charge in [-0.2, -0.15) is 0 Å². The summed E-state index contributed by atoms with van der Waals surface area (Å²) in [6.45, 7) is 7.21. The van der Waals surface area contributed by atoms with E-state index < -0.39 is 11.6 Å². The van der Waals surface area contributed by atoms with Gasteiger partial charge >= 0.3 is 5.84 Å². The molecular weight excluding hydrogens is 338 g/mol. The van der Waals surface area contributed by atoms with Crippen molar-refractivity contribution in [3.63, 3.8) is 0 Å². The summed E-state index contributed by atoms with van der Waals surface area (Å²) in [5, 5.41) is 3.03. The van der Waals surface area contributed by atoms with Gasteiger partial charge in [0, 0.05) is 37.9 Å². The summed E-state index contributed by atoms with van der Waals surface area (Å²) in [6, 6.07) is 3.82. The molecule has 6 nitrogen and oxygen atoms in total. The molecule has 2 rings (SSSR count). The maximum absolute atomic E-state index is 13.7. The second kappa shape index (κ2) is 9.88. The number of aliphatic imine (C=N–C) groups is 2. The zero-order valence-corrected chi connectivity index (χ0v) is 15.0. The average molecular weight is 363 g/mol. The zero-order chi connectivity index (χ0) is 18.9. The highest BCUT2D eigenvalue weighted by Crippen LogP contribution is 2.11. The van der Waals surface area contributed by atoms with Crippen molar-refractivity contribution in [2.24, 2.45) is 15.7 Å². The lowest BCUT2D eigenvalue weighted by molar-refractivity contribution is -0.539. The van der Waals surface area contributed by atoms with Crippen molar-refractivity contribution >= 4 is 18.9 Å². The number of halogens is 2. The highest BCUT2D eigenvalue weighted by molar-refractivity contribution is 5.99. The lowest BCUT2D eigenvalue weighted by Crippen LogP contribution is -2.42. The number of hydrogen-bond acceptors (Lipinski definition) is 3. The minimum atomic E-state index is -0.576. The summed E-state index contributed by atoms with van der Waals surface area (Å²) in [5.74, 6) is -0.463. The molecule has 0 atom stereocenters. The van der Waals surface area contributed by atoms with E-state index in [0.29, 0.717) is 12.4 Å². The number of nitrogens with one attached hydrogen (secondary N) is 1. The van der Waals surface area contributed by atoms with Crippen LogP contribution in [0.3, 0.4) is 0 Å². The van der Waals surface area contributed by atoms with Gasteiger partial charge in [-0.15, -0.1) is 0 Å². The first-order valence-corrected chi connectivity index (χ1v) is 8.40. The fourth-order valence-electron chi connectivity index (χ4n) is 2.72. The van der Waals surface area contributed by atoms with Crippen molar-refractivity contribution < 1.29 is 13.4 Å². The van der Waals surface area contributed by atoms with Gasteiger partial charge < -0.3 is 11.1 Å². The van der Waals surface area contributed by atoms with Crippen LogP contribution in [0.4, 0.5) is 8.78 Å². The molecule has 1 aliphatic heterocycles. The molecule has 1 aromatic rings. The van der Waals surface area contributed by atoms with Crippen LogP contribution in [0.2, 0.25) is 0 Å². The molecule has 1 aromatic carbocycles. The Kier molecular flexibility index (Phi) is 7.55. The van der Waals surface area contributed by atoms with Crippen LogP contribution < -0.4 is 11.1 Å². The van der Waals surface area contributed by atoms with E-state index in [-0.39, 0.29) is 12.1 Å². The van der Waals surface area contributed by atoms with Crippen molar-refractivity contribution in [1.82, 2.24) is 10.2 Å². The predicted octanol–water partition coefficient (Wildman–Crippen LogP) is 0.982. The summed E-state index contributed by atoms with van der Waals surface area (Å²) in [7, 11) is 2.07. The van der Waals surface area contributed by atoms with Gasteiger partial charge in [0.1, 0.15) is 11.6 Å². The van der Waals surface area contributed by atoms with E-state index in [1.54, 1.807) is 0 Å². The Balaban J connectivity index is 2.12. The highest BCUT2D eigenvalue weighted by atomic mass is 19.1. The molecule has 1 fully saturated rings. The zero-order valence-electron chi connectivity index (χ0n) is 15.0. The maximum Gasteiger partial charge on any atom is 0.326 e. The van der Waals surface area contributed by atoms with Crippen LogP contribution in [0.15, 0.2) is 40.0 Å². The molecule has 0 radical (unpaired) electrons. The Morgan fingerprint density at radius 1 is 1.35 bits per heavy atom. The first kappa shape index (κ1) is 19.9. The maximum atomic E-state index is 13.7. The van der Waals surface area contributed by atoms with Crippen LogP contribution in [0.5, 0.6) is 0 Å². The Morgan fingerprint density at radius 2 is 2.00 bits per heavy atom. The minimum Gasteiger partial charge on any atom is -0.404 e. The summed E-state index contributed by atoms with van der Waals surface area (Å²) in [6.07, 6.45) is 2.83. The van der Waals surface area contributed by atoms with Crippen molar-refractivity contribution in [1.29, 1.82) is 0 Å². The van der Waals surface area contributed by atoms with E-state index in [4.69, 9.17) is 5.73 Å². The number of piperazine rings is 1. The molecule has 1 aliphatic rings. The molecule has 140 valence electrons. The van der Waals surface area contributed by atoms with Crippen LogP contribution >= 0.6 is 0 Å². The second-order valence-corrected chi connectivity index (χ2v) is 6.04. The summed E-state index contributed by atoms with van der Waals surface area (Å²) in [4.78, 5) is 10.3. The molecule has 0 amide bonds. The molecule has 8 heteroatoms. The second-order valence-electron chi connectivity index (χ2n) is 6.04. The standard InChI is InChI=1S/C18H24F2N6/c1-22-13-24-18(26-8-6-25(2)7-9-26)14(10-21)11-23-12-15-16(19)4-3-5-17(15)20/h3-5,10,13,21,23H,1,6-9,11-12H2,2H3/p+1. The average Bonchev–Trinajstić information content (AvgIpc) is 2.63. The normalized spacial score (nSPS) is 16.3. The van der Waals surface area contributed by atoms with Gasteiger partial charge in [0.25, 0.3) is 0 Å². The number of rotatable bonds is 6. The predicted molar refractivity (Wildman–Crippen MR) is 101 cm³/mol. The van der Waals surface area contributed by atoms with E-state index in [9.17, 15) is 8.78 Å². The molecule has 0 unspecified atom stereocenters. The van der Waals surface area contributed by atoms with Gasteiger partial charge in [-0.05, 0) is 30.9 Å². The van der Waals surface area contributed by atoms with Gasteiger partial charge in [0.05, 0.1) is 18.7 Å². The third kappa shape index (κ3) is 5.27. The van der Waals surface area contributed by atoms with Crippen LogP contribution in [-0.2, 0) is 6.54 Å². The largest absolute Gasteiger partial charge is 0.404 e. The fraction of sp³-hybridized carbons (Fsp3) is 0.389. The Bertz CT molecular complexity index is 696. The molecule has 1 heterocycles. The number of hydrogen-bond donors (Lipinski definition) is 2. The molecule has 3 N–H and O–H groups in total. The first-order valence-electron chi connectivity index (χ1n) is 8.40. The molecular formula is C18H25F2N6+. The molecule has 0 aromatic heterocycles. The number of nitrogens with zero attached hydrogens (tertiary/aromatic N) is 4. The Labute approximate surface area is 152 Å². The smallest absolute Gasteiger partial charge is 0.326 e. The van der Waals surface area contributed by atoms with Gasteiger partial charge in [-0.3, -0.25) is 9.48 Å². The van der Waals surface area contributed by atoms with E-state index in [1.165, 1.54) is 30.7 Å². The lowest BCUT2D eigenvalue weighted by Gasteiger charge is -2.23. The molecule has 0 bridgehead atoms. The van der Waals surface area contributed by atoms with Crippen molar-refractivity contribution in [3.05, 3.63) is 47.2 Å². The molecule has 0 aliphatic carbocycles. The topological polar surface area (TPSA) is 69.0 Å². The van der Waals surface area contributed by atoms with E-state index in [1.807, 2.05) is 0 Å². The van der Waals surface area contributed by atoms with Crippen molar-refractivity contribution in [2.75, 3.05) is 39.8 Å². The van der Waals surface area contributed by atoms with Crippen LogP contribution in [0, 0.1) is 11.6 Å². The van der Waals surface area contributed by atoms with E-state index >= 15 is 0 Å². The number of likely N-dealkylation sites (N-methyl/N-ethyl adjacent to an activating group) is 1. The van der Waals surface area contributed by atoms with Crippen LogP contribution in [-0.4, -0.2) is 68.1 Å². The number of nitrogens with two attached hydrogens (primary N) is 1. The Hall–Kier alpha value is -2.45. The summed E-state index contributed by atoms with van der Waals surface area (Å²) < 4.78 is 29.6. The van der Waals surface area contributed by atoms with Gasteiger partial charge in [0.2, 0.25) is 6.34 Å². The van der Waals surface area contributed by atoms with E-state index in [2.05, 4.69) is 38.5 Å². The molecule has 0 saturated carbocycles. The highest BCUT2D eigenvalue weighted by Gasteiger charge is 2.22. The van der Waals surface area contributed by atoms with Gasteiger partial charge in [0.15, 0.2) is 0 Å². The summed E-state index contributed by atoms with van der Waals surface area (Å²) in [5.41, 5.74) is 6.52. The third-order valence-electron chi connectivity index (χ3n) is 4.23. The molecule has 26 heavy (non-hydrogen) atoms. The fourth-order valence-corrected chi connectivity index (χ4v) is 2.72. The van der Waals surface area contributed by atoms with Crippen molar-refractivity contribution in [3.8, 4) is 0 Å². The lowest BCUT2D eigenvalue weighted by atomic mass is 10.2. The van der Waals surface area contributed by atoms with Crippen LogP contribution in [0.1, 0.15) is 5.56 Å². The van der Waals surface area contributed by atoms with Gasteiger partial charge in [-0.25, -0.2) is 13.8 Å².